The molecule has 12 rings (SSSR count). The van der Waals surface area contributed by atoms with Gasteiger partial charge in [-0.05, 0) is 110 Å². The van der Waals surface area contributed by atoms with Gasteiger partial charge < -0.3 is 14.1 Å². The Bertz CT molecular complexity index is 3080. The van der Waals surface area contributed by atoms with Gasteiger partial charge in [0.05, 0.1) is 5.39 Å². The Labute approximate surface area is 332 Å². The summed E-state index contributed by atoms with van der Waals surface area (Å²) in [5.74, 6) is 2.47. The van der Waals surface area contributed by atoms with Crippen LogP contribution in [-0.4, -0.2) is 0 Å². The van der Waals surface area contributed by atoms with Crippen LogP contribution < -0.4 is 9.64 Å². The summed E-state index contributed by atoms with van der Waals surface area (Å²) in [4.78, 5) is 2.42. The van der Waals surface area contributed by atoms with Gasteiger partial charge in [-0.3, -0.25) is 0 Å². The van der Waals surface area contributed by atoms with Crippen LogP contribution in [0.4, 0.5) is 17.1 Å². The van der Waals surface area contributed by atoms with E-state index in [2.05, 4.69) is 195 Å². The van der Waals surface area contributed by atoms with Crippen LogP contribution in [0.25, 0.3) is 44.3 Å². The summed E-state index contributed by atoms with van der Waals surface area (Å²) in [6.07, 6.45) is 0. The maximum atomic E-state index is 6.92. The third-order valence-electron chi connectivity index (χ3n) is 12.7. The van der Waals surface area contributed by atoms with Gasteiger partial charge >= 0.3 is 0 Å². The molecule has 0 amide bonds. The highest BCUT2D eigenvalue weighted by molar-refractivity contribution is 5.95. The van der Waals surface area contributed by atoms with Gasteiger partial charge in [0, 0.05) is 28.0 Å². The summed E-state index contributed by atoms with van der Waals surface area (Å²) >= 11 is 0. The largest absolute Gasteiger partial charge is 0.455 e. The van der Waals surface area contributed by atoms with E-state index in [1.807, 2.05) is 12.1 Å². The molecule has 1 aromatic heterocycles. The third kappa shape index (κ3) is 4.37. The van der Waals surface area contributed by atoms with Gasteiger partial charge in [-0.15, -0.1) is 0 Å². The van der Waals surface area contributed by atoms with Crippen LogP contribution in [0, 0.1) is 0 Å². The summed E-state index contributed by atoms with van der Waals surface area (Å²) in [5.41, 5.74) is 16.9. The van der Waals surface area contributed by atoms with E-state index in [0.29, 0.717) is 0 Å². The minimum Gasteiger partial charge on any atom is -0.455 e. The van der Waals surface area contributed by atoms with Crippen LogP contribution in [0.3, 0.4) is 0 Å². The zero-order valence-electron chi connectivity index (χ0n) is 31.7. The molecule has 2 heterocycles. The zero-order valence-corrected chi connectivity index (χ0v) is 31.7. The Morgan fingerprint density at radius 2 is 1.00 bits per heavy atom. The first-order chi connectivity index (χ1) is 28.0. The molecule has 0 saturated heterocycles. The molecule has 1 aliphatic heterocycles. The Kier molecular flexibility index (Phi) is 6.61. The monoisotopic (exact) mass is 731 g/mol. The van der Waals surface area contributed by atoms with Gasteiger partial charge in [-0.1, -0.05) is 147 Å². The number of para-hydroxylation sites is 2. The zero-order chi connectivity index (χ0) is 37.9. The van der Waals surface area contributed by atoms with E-state index in [0.717, 1.165) is 50.9 Å². The first-order valence-electron chi connectivity index (χ1n) is 19.8. The van der Waals surface area contributed by atoms with Crippen molar-refractivity contribution in [2.24, 2.45) is 0 Å². The molecule has 3 heteroatoms. The molecule has 57 heavy (non-hydrogen) atoms. The fourth-order valence-corrected chi connectivity index (χ4v) is 10.1. The maximum absolute atomic E-state index is 6.92. The highest BCUT2D eigenvalue weighted by Gasteiger charge is 2.54. The van der Waals surface area contributed by atoms with Gasteiger partial charge in [0.1, 0.15) is 16.7 Å². The van der Waals surface area contributed by atoms with E-state index in [1.165, 1.54) is 55.6 Å². The average molecular weight is 732 g/mol. The second-order valence-corrected chi connectivity index (χ2v) is 16.0. The van der Waals surface area contributed by atoms with E-state index in [1.54, 1.807) is 0 Å². The number of ether oxygens (including phenoxy) is 1. The van der Waals surface area contributed by atoms with E-state index in [9.17, 15) is 0 Å². The normalized spacial score (nSPS) is 16.2. The minimum atomic E-state index is -0.695. The lowest BCUT2D eigenvalue weighted by atomic mass is 9.69. The van der Waals surface area contributed by atoms with Crippen molar-refractivity contribution in [1.29, 1.82) is 0 Å². The lowest BCUT2D eigenvalue weighted by Crippen LogP contribution is -2.31. The molecule has 3 nitrogen and oxygen atoms in total. The molecule has 0 saturated carbocycles. The Hall–Kier alpha value is -7.10. The number of furan rings is 1. The van der Waals surface area contributed by atoms with Crippen LogP contribution in [0.1, 0.15) is 47.4 Å². The summed E-state index contributed by atoms with van der Waals surface area (Å²) < 4.78 is 13.7. The third-order valence-corrected chi connectivity index (χ3v) is 12.7. The number of anilines is 3. The number of fused-ring (bicyclic) bond motifs is 14. The van der Waals surface area contributed by atoms with E-state index < -0.39 is 5.41 Å². The quantitative estimate of drug-likeness (QED) is 0.180. The predicted molar refractivity (Wildman–Crippen MR) is 231 cm³/mol. The van der Waals surface area contributed by atoms with Crippen molar-refractivity contribution in [3.05, 3.63) is 222 Å². The SMILES string of the molecule is CC1(C)c2ccccc2-c2ccc(N(c3ccc(-c4ccccc4)cc3)c3ccc4c(c3)-c3ccccc3C43c4ccccc4Oc4c3oc3ccccc43)cc21. The number of nitrogens with zero attached hydrogens (tertiary/aromatic N) is 1. The number of benzene rings is 8. The molecule has 0 radical (unpaired) electrons. The van der Waals surface area contributed by atoms with Crippen LogP contribution >= 0.6 is 0 Å². The molecule has 1 atom stereocenters. The Balaban J connectivity index is 1.09. The number of rotatable bonds is 4. The molecular weight excluding hydrogens is 695 g/mol. The highest BCUT2D eigenvalue weighted by atomic mass is 16.5. The standard InChI is InChI=1S/C54H37NO2/c1-53(2)44-19-9-6-16-39(44)41-30-28-38(33-48(41)53)55(36-26-24-35(25-27-36)34-14-4-3-5-15-34)37-29-31-46-43(32-37)40-17-7-10-20-45(40)54(46)47-21-11-13-23-50(47)56-51-42-18-8-12-22-49(42)57-52(51)54/h3-33H,1-2H3. The van der Waals surface area contributed by atoms with E-state index in [-0.39, 0.29) is 5.41 Å². The molecular formula is C54H37NO2. The summed E-state index contributed by atoms with van der Waals surface area (Å²) in [6, 6.07) is 68.0. The smallest absolute Gasteiger partial charge is 0.178 e. The van der Waals surface area contributed by atoms with Crippen molar-refractivity contribution in [1.82, 2.24) is 0 Å². The van der Waals surface area contributed by atoms with Gasteiger partial charge in [-0.2, -0.15) is 0 Å². The van der Waals surface area contributed by atoms with E-state index >= 15 is 0 Å². The lowest BCUT2D eigenvalue weighted by Gasteiger charge is -2.36. The van der Waals surface area contributed by atoms with Gasteiger partial charge in [0.25, 0.3) is 0 Å². The van der Waals surface area contributed by atoms with Crippen LogP contribution in [0.5, 0.6) is 11.5 Å². The van der Waals surface area contributed by atoms with Crippen molar-refractivity contribution in [3.63, 3.8) is 0 Å². The second-order valence-electron chi connectivity index (χ2n) is 16.0. The molecule has 3 aliphatic rings. The van der Waals surface area contributed by atoms with Crippen LogP contribution in [0.2, 0.25) is 0 Å². The lowest BCUT2D eigenvalue weighted by molar-refractivity contribution is 0.389. The predicted octanol–water partition coefficient (Wildman–Crippen LogP) is 14.3. The van der Waals surface area contributed by atoms with Crippen molar-refractivity contribution in [2.45, 2.75) is 24.7 Å². The number of hydrogen-bond acceptors (Lipinski definition) is 3. The van der Waals surface area contributed by atoms with Crippen molar-refractivity contribution in [3.8, 4) is 44.9 Å². The van der Waals surface area contributed by atoms with E-state index in [4.69, 9.17) is 9.15 Å². The van der Waals surface area contributed by atoms with Crippen molar-refractivity contribution in [2.75, 3.05) is 4.90 Å². The highest BCUT2D eigenvalue weighted by Crippen LogP contribution is 2.64. The molecule has 8 aromatic carbocycles. The first-order valence-corrected chi connectivity index (χ1v) is 19.8. The minimum absolute atomic E-state index is 0.130. The summed E-state index contributed by atoms with van der Waals surface area (Å²) in [6.45, 7) is 4.70. The topological polar surface area (TPSA) is 25.6 Å². The first kappa shape index (κ1) is 32.2. The van der Waals surface area contributed by atoms with Crippen molar-refractivity contribution >= 4 is 28.0 Å². The molecule has 9 aromatic rings. The molecule has 1 unspecified atom stereocenters. The molecule has 0 bridgehead atoms. The van der Waals surface area contributed by atoms with Gasteiger partial charge in [0.15, 0.2) is 11.5 Å². The van der Waals surface area contributed by atoms with Crippen LogP contribution in [-0.2, 0) is 10.8 Å². The summed E-state index contributed by atoms with van der Waals surface area (Å²) in [7, 11) is 0. The average Bonchev–Trinajstić information content (AvgIpc) is 3.86. The second kappa shape index (κ2) is 11.7. The Morgan fingerprint density at radius 1 is 0.421 bits per heavy atom. The number of hydrogen-bond donors (Lipinski definition) is 0. The van der Waals surface area contributed by atoms with Gasteiger partial charge in [0.2, 0.25) is 0 Å². The molecule has 0 N–H and O–H groups in total. The Morgan fingerprint density at radius 3 is 1.82 bits per heavy atom. The van der Waals surface area contributed by atoms with Gasteiger partial charge in [-0.25, -0.2) is 0 Å². The fourth-order valence-electron chi connectivity index (χ4n) is 10.1. The molecule has 1 spiro atoms. The maximum Gasteiger partial charge on any atom is 0.178 e. The fraction of sp³-hybridized carbons (Fsp3) is 0.0741. The molecule has 0 fully saturated rings. The van der Waals surface area contributed by atoms with Crippen molar-refractivity contribution < 1.29 is 9.15 Å². The summed E-state index contributed by atoms with van der Waals surface area (Å²) in [5, 5.41) is 0.982. The molecule has 2 aliphatic carbocycles. The van der Waals surface area contributed by atoms with Crippen LogP contribution in [0.15, 0.2) is 192 Å². The molecule has 270 valence electrons.